The highest BCUT2D eigenvalue weighted by Crippen LogP contribution is 2.33. The summed E-state index contributed by atoms with van der Waals surface area (Å²) in [6.07, 6.45) is 2.01. The molecule has 0 aliphatic carbocycles. The van der Waals surface area contributed by atoms with Crippen LogP contribution in [-0.2, 0) is 0 Å². The number of aliphatic imine (C=N–C) groups is 1. The Morgan fingerprint density at radius 3 is 1.89 bits per heavy atom. The highest BCUT2D eigenvalue weighted by atomic mass is 31.1. The average Bonchev–Trinajstić information content (AvgIpc) is 2.75. The Balaban J connectivity index is 1.80. The number of hydrogen-bond acceptors (Lipinski definition) is 1. The molecule has 0 unspecified atom stereocenters. The van der Waals surface area contributed by atoms with Crippen LogP contribution in [0.3, 0.4) is 0 Å². The van der Waals surface area contributed by atoms with E-state index in [0.717, 1.165) is 5.69 Å². The third-order valence-electron chi connectivity index (χ3n) is 4.56. The average molecular weight is 379 g/mol. The van der Waals surface area contributed by atoms with Crippen molar-refractivity contribution in [3.63, 3.8) is 0 Å². The molecule has 4 aromatic carbocycles. The second-order valence-electron chi connectivity index (χ2n) is 6.66. The van der Waals surface area contributed by atoms with Crippen molar-refractivity contribution in [3.05, 3.63) is 120 Å². The largest absolute Gasteiger partial charge is 0.256 e. The number of rotatable bonds is 5. The topological polar surface area (TPSA) is 12.4 Å². The fourth-order valence-corrected chi connectivity index (χ4v) is 5.65. The monoisotopic (exact) mass is 379 g/mol. The van der Waals surface area contributed by atoms with Crippen LogP contribution in [0.25, 0.3) is 0 Å². The molecule has 0 aliphatic rings. The van der Waals surface area contributed by atoms with Gasteiger partial charge in [0.15, 0.2) is 0 Å². The molecule has 0 spiro atoms. The molecule has 0 fully saturated rings. The van der Waals surface area contributed by atoms with E-state index in [1.807, 2.05) is 12.3 Å². The Labute approximate surface area is 168 Å². The van der Waals surface area contributed by atoms with Gasteiger partial charge < -0.3 is 0 Å². The molecule has 0 heterocycles. The summed E-state index contributed by atoms with van der Waals surface area (Å²) in [6.45, 7) is 2.09. The van der Waals surface area contributed by atoms with Crippen LogP contribution in [0, 0.1) is 6.92 Å². The maximum Gasteiger partial charge on any atom is 0.0632 e. The van der Waals surface area contributed by atoms with Gasteiger partial charge >= 0.3 is 0 Å². The lowest BCUT2D eigenvalue weighted by Gasteiger charge is -2.21. The normalized spacial score (nSPS) is 11.2. The molecule has 0 radical (unpaired) electrons. The van der Waals surface area contributed by atoms with E-state index in [9.17, 15) is 0 Å². The van der Waals surface area contributed by atoms with Gasteiger partial charge in [0.1, 0.15) is 0 Å². The zero-order valence-electron chi connectivity index (χ0n) is 15.9. The van der Waals surface area contributed by atoms with Gasteiger partial charge in [-0.25, -0.2) is 0 Å². The van der Waals surface area contributed by atoms with Crippen molar-refractivity contribution in [1.82, 2.24) is 0 Å². The van der Waals surface area contributed by atoms with Crippen molar-refractivity contribution in [1.29, 1.82) is 0 Å². The zero-order chi connectivity index (χ0) is 19.2. The molecule has 4 rings (SSSR count). The molecule has 2 heteroatoms. The van der Waals surface area contributed by atoms with Crippen molar-refractivity contribution < 1.29 is 0 Å². The minimum absolute atomic E-state index is 0.645. The van der Waals surface area contributed by atoms with Crippen LogP contribution in [-0.4, -0.2) is 6.21 Å². The van der Waals surface area contributed by atoms with Crippen molar-refractivity contribution >= 4 is 35.7 Å². The smallest absolute Gasteiger partial charge is 0.0632 e. The van der Waals surface area contributed by atoms with Gasteiger partial charge in [0.25, 0.3) is 0 Å². The second-order valence-corrected chi connectivity index (χ2v) is 8.85. The molecule has 0 aliphatic heterocycles. The first kappa shape index (κ1) is 18.3. The Hall–Kier alpha value is -3.02. The summed E-state index contributed by atoms with van der Waals surface area (Å²) in [6, 6.07) is 38.5. The van der Waals surface area contributed by atoms with E-state index < -0.39 is 7.92 Å². The molecule has 0 amide bonds. The van der Waals surface area contributed by atoms with Gasteiger partial charge in [-0.1, -0.05) is 97.1 Å². The molecule has 4 aromatic rings. The van der Waals surface area contributed by atoms with Gasteiger partial charge in [-0.05, 0) is 48.5 Å². The minimum atomic E-state index is -0.645. The van der Waals surface area contributed by atoms with E-state index in [1.165, 1.54) is 27.0 Å². The van der Waals surface area contributed by atoms with Crippen LogP contribution in [0.4, 0.5) is 5.69 Å². The number of aryl methyl sites for hydroxylation is 1. The zero-order valence-corrected chi connectivity index (χ0v) is 16.8. The predicted octanol–water partition coefficient (Wildman–Crippen LogP) is 5.50. The van der Waals surface area contributed by atoms with Crippen molar-refractivity contribution in [2.75, 3.05) is 0 Å². The van der Waals surface area contributed by atoms with E-state index in [-0.39, 0.29) is 0 Å². The maximum absolute atomic E-state index is 4.75. The Morgan fingerprint density at radius 2 is 1.25 bits per heavy atom. The molecular weight excluding hydrogens is 357 g/mol. The summed E-state index contributed by atoms with van der Waals surface area (Å²) in [5, 5.41) is 4.02. The molecule has 0 aromatic heterocycles. The first-order chi connectivity index (χ1) is 13.8. The summed E-state index contributed by atoms with van der Waals surface area (Å²) in [7, 11) is -0.645. The summed E-state index contributed by atoms with van der Waals surface area (Å²) in [4.78, 5) is 4.75. The fourth-order valence-electron chi connectivity index (χ4n) is 3.23. The van der Waals surface area contributed by atoms with Crippen LogP contribution < -0.4 is 15.9 Å². The van der Waals surface area contributed by atoms with Gasteiger partial charge in [0.2, 0.25) is 0 Å². The molecule has 1 nitrogen and oxygen atoms in total. The lowest BCUT2D eigenvalue weighted by atomic mass is 10.2. The van der Waals surface area contributed by atoms with E-state index in [2.05, 4.69) is 110 Å². The molecule has 0 saturated heterocycles. The molecule has 0 N–H and O–H groups in total. The third kappa shape index (κ3) is 4.27. The van der Waals surface area contributed by atoms with Gasteiger partial charge in [-0.2, -0.15) is 0 Å². The predicted molar refractivity (Wildman–Crippen MR) is 124 cm³/mol. The van der Waals surface area contributed by atoms with Gasteiger partial charge in [-0.3, -0.25) is 4.99 Å². The Bertz CT molecular complexity index is 1030. The SMILES string of the molecule is Cc1cccc(N=Cc2ccccc2P(c2ccccc2)c2ccccc2)c1. The van der Waals surface area contributed by atoms with Crippen molar-refractivity contribution in [3.8, 4) is 0 Å². The van der Waals surface area contributed by atoms with Crippen molar-refractivity contribution in [2.24, 2.45) is 4.99 Å². The lowest BCUT2D eigenvalue weighted by Crippen LogP contribution is -2.23. The standard InChI is InChI=1S/C26H22NP/c1-21-11-10-13-23(19-21)27-20-22-12-8-9-18-26(22)28(24-14-4-2-5-15-24)25-16-6-3-7-17-25/h2-20H,1H3. The number of benzene rings is 4. The van der Waals surface area contributed by atoms with Gasteiger partial charge in [-0.15, -0.1) is 0 Å². The highest BCUT2D eigenvalue weighted by molar-refractivity contribution is 7.80. The first-order valence-electron chi connectivity index (χ1n) is 9.41. The first-order valence-corrected chi connectivity index (χ1v) is 10.8. The van der Waals surface area contributed by atoms with Gasteiger partial charge in [0.05, 0.1) is 5.69 Å². The quantitative estimate of drug-likeness (QED) is 0.321. The second kappa shape index (κ2) is 8.78. The molecule has 28 heavy (non-hydrogen) atoms. The number of hydrogen-bond donors (Lipinski definition) is 0. The van der Waals surface area contributed by atoms with Crippen LogP contribution in [0.15, 0.2) is 114 Å². The summed E-state index contributed by atoms with van der Waals surface area (Å²) in [5.74, 6) is 0. The van der Waals surface area contributed by atoms with E-state index >= 15 is 0 Å². The molecule has 0 saturated carbocycles. The fraction of sp³-hybridized carbons (Fsp3) is 0.0385. The number of nitrogens with zero attached hydrogens (tertiary/aromatic N) is 1. The van der Waals surface area contributed by atoms with E-state index in [0.29, 0.717) is 0 Å². The lowest BCUT2D eigenvalue weighted by molar-refractivity contribution is 1.43. The Kier molecular flexibility index (Phi) is 5.75. The maximum atomic E-state index is 4.75. The minimum Gasteiger partial charge on any atom is -0.256 e. The van der Waals surface area contributed by atoms with Gasteiger partial charge in [0, 0.05) is 11.8 Å². The molecule has 0 bridgehead atoms. The molecular formula is C26H22NP. The van der Waals surface area contributed by atoms with E-state index in [4.69, 9.17) is 4.99 Å². The van der Waals surface area contributed by atoms with Crippen molar-refractivity contribution in [2.45, 2.75) is 6.92 Å². The summed E-state index contributed by atoms with van der Waals surface area (Å²) in [5.41, 5.74) is 3.38. The van der Waals surface area contributed by atoms with Crippen LogP contribution in [0.1, 0.15) is 11.1 Å². The molecule has 136 valence electrons. The Morgan fingerprint density at radius 1 is 0.643 bits per heavy atom. The third-order valence-corrected chi connectivity index (χ3v) is 7.08. The van der Waals surface area contributed by atoms with Crippen LogP contribution in [0.5, 0.6) is 0 Å². The van der Waals surface area contributed by atoms with Crippen LogP contribution >= 0.6 is 7.92 Å². The molecule has 0 atom stereocenters. The highest BCUT2D eigenvalue weighted by Gasteiger charge is 2.18. The summed E-state index contributed by atoms with van der Waals surface area (Å²) < 4.78 is 0. The van der Waals surface area contributed by atoms with E-state index in [1.54, 1.807) is 0 Å². The summed E-state index contributed by atoms with van der Waals surface area (Å²) >= 11 is 0. The van der Waals surface area contributed by atoms with Crippen LogP contribution in [0.2, 0.25) is 0 Å².